The van der Waals surface area contributed by atoms with Crippen LogP contribution in [0.3, 0.4) is 0 Å². The number of hydrogen-bond acceptors (Lipinski definition) is 1. The fraction of sp³-hybridized carbons (Fsp3) is 0.0952. The van der Waals surface area contributed by atoms with Crippen molar-refractivity contribution < 1.29 is 8.98 Å². The quantitative estimate of drug-likeness (QED) is 0.294. The van der Waals surface area contributed by atoms with Gasteiger partial charge < -0.3 is 8.82 Å². The first-order valence-electron chi connectivity index (χ1n) is 8.20. The highest BCUT2D eigenvalue weighted by Crippen LogP contribution is 2.40. The second-order valence-corrected chi connectivity index (χ2v) is 6.57. The second kappa shape index (κ2) is 3.88. The number of nitrogens with zero attached hydrogens (tertiary/aromatic N) is 2. The summed E-state index contributed by atoms with van der Waals surface area (Å²) in [5.74, 6) is 0.983. The van der Waals surface area contributed by atoms with Gasteiger partial charge in [-0.2, -0.15) is 4.57 Å². The van der Waals surface area contributed by atoms with Gasteiger partial charge in [-0.05, 0) is 25.1 Å². The molecule has 0 amide bonds. The maximum atomic E-state index is 6.08. The van der Waals surface area contributed by atoms with Crippen LogP contribution >= 0.6 is 0 Å². The normalized spacial score (nSPS) is 12.6. The molecule has 0 atom stereocenters. The Morgan fingerprint density at radius 1 is 0.875 bits per heavy atom. The summed E-state index contributed by atoms with van der Waals surface area (Å²) in [5.41, 5.74) is 5.92. The number of aryl methyl sites for hydroxylation is 2. The Kier molecular flexibility index (Phi) is 2.00. The molecule has 3 nitrogen and oxygen atoms in total. The van der Waals surface area contributed by atoms with E-state index in [2.05, 4.69) is 77.7 Å². The van der Waals surface area contributed by atoms with Crippen LogP contribution in [0, 0.1) is 6.92 Å². The third-order valence-electron chi connectivity index (χ3n) is 5.30. The lowest BCUT2D eigenvalue weighted by Crippen LogP contribution is -2.28. The molecule has 0 unspecified atom stereocenters. The monoisotopic (exact) mass is 311 g/mol. The van der Waals surface area contributed by atoms with Crippen molar-refractivity contribution in [2.75, 3.05) is 0 Å². The molecule has 0 aliphatic heterocycles. The molecule has 0 N–H and O–H groups in total. The van der Waals surface area contributed by atoms with Crippen LogP contribution < -0.4 is 4.57 Å². The Morgan fingerprint density at radius 3 is 2.62 bits per heavy atom. The van der Waals surface area contributed by atoms with E-state index in [9.17, 15) is 0 Å². The lowest BCUT2D eigenvalue weighted by molar-refractivity contribution is -0.644. The average Bonchev–Trinajstić information content (AvgIpc) is 3.11. The number of aromatic nitrogens is 2. The Morgan fingerprint density at radius 2 is 1.71 bits per heavy atom. The van der Waals surface area contributed by atoms with Crippen LogP contribution in [0.2, 0.25) is 0 Å². The summed E-state index contributed by atoms with van der Waals surface area (Å²) in [6.07, 6.45) is 2.15. The van der Waals surface area contributed by atoms with Crippen LogP contribution in [0.5, 0.6) is 0 Å². The molecule has 2 aromatic carbocycles. The number of fused-ring (bicyclic) bond motifs is 5. The molecular weight excluding hydrogens is 296 g/mol. The van der Waals surface area contributed by atoms with Crippen molar-refractivity contribution in [1.29, 1.82) is 0 Å². The van der Waals surface area contributed by atoms with Gasteiger partial charge >= 0.3 is 0 Å². The van der Waals surface area contributed by atoms with E-state index in [-0.39, 0.29) is 0 Å². The van der Waals surface area contributed by atoms with Gasteiger partial charge in [-0.3, -0.25) is 0 Å². The molecule has 114 valence electrons. The third kappa shape index (κ3) is 1.21. The van der Waals surface area contributed by atoms with Crippen molar-refractivity contribution in [2.24, 2.45) is 7.05 Å². The van der Waals surface area contributed by atoms with Crippen molar-refractivity contribution in [3.05, 3.63) is 60.5 Å². The zero-order chi connectivity index (χ0) is 16.0. The van der Waals surface area contributed by atoms with Gasteiger partial charge in [-0.25, -0.2) is 0 Å². The van der Waals surface area contributed by atoms with Gasteiger partial charge in [0.05, 0.1) is 21.8 Å². The summed E-state index contributed by atoms with van der Waals surface area (Å²) in [6.45, 7) is 2.07. The highest BCUT2D eigenvalue weighted by Gasteiger charge is 2.25. The lowest BCUT2D eigenvalue weighted by atomic mass is 10.1. The van der Waals surface area contributed by atoms with E-state index >= 15 is 0 Å². The van der Waals surface area contributed by atoms with Crippen molar-refractivity contribution >= 4 is 49.2 Å². The molecule has 0 spiro atoms. The summed E-state index contributed by atoms with van der Waals surface area (Å²) >= 11 is 0. The van der Waals surface area contributed by atoms with Crippen LogP contribution in [-0.4, -0.2) is 4.40 Å². The predicted molar refractivity (Wildman–Crippen MR) is 96.8 cm³/mol. The highest BCUT2D eigenvalue weighted by molar-refractivity contribution is 6.24. The van der Waals surface area contributed by atoms with E-state index in [1.54, 1.807) is 0 Å². The number of para-hydroxylation sites is 1. The minimum absolute atomic E-state index is 0.959. The minimum Gasteiger partial charge on any atom is -0.460 e. The van der Waals surface area contributed by atoms with E-state index in [1.165, 1.54) is 43.6 Å². The van der Waals surface area contributed by atoms with Gasteiger partial charge in [0.2, 0.25) is 5.52 Å². The molecule has 0 radical (unpaired) electrons. The molecule has 3 heteroatoms. The number of pyridine rings is 2. The van der Waals surface area contributed by atoms with Gasteiger partial charge in [0, 0.05) is 16.8 Å². The lowest BCUT2D eigenvalue weighted by Gasteiger charge is -2.06. The van der Waals surface area contributed by atoms with E-state index < -0.39 is 0 Å². The maximum absolute atomic E-state index is 6.08. The summed E-state index contributed by atoms with van der Waals surface area (Å²) < 4.78 is 10.7. The average molecular weight is 311 g/mol. The van der Waals surface area contributed by atoms with Crippen LogP contribution in [0.4, 0.5) is 0 Å². The zero-order valence-electron chi connectivity index (χ0n) is 13.5. The van der Waals surface area contributed by atoms with Gasteiger partial charge in [0.15, 0.2) is 6.20 Å². The summed E-state index contributed by atoms with van der Waals surface area (Å²) in [5, 5.41) is 5.03. The topological polar surface area (TPSA) is 21.4 Å². The van der Waals surface area contributed by atoms with Crippen molar-refractivity contribution in [3.8, 4) is 0 Å². The molecule has 4 aromatic heterocycles. The third-order valence-corrected chi connectivity index (χ3v) is 5.30. The molecule has 6 rings (SSSR count). The smallest absolute Gasteiger partial charge is 0.241 e. The van der Waals surface area contributed by atoms with E-state index in [0.717, 1.165) is 11.3 Å². The molecule has 6 aromatic rings. The summed E-state index contributed by atoms with van der Waals surface area (Å²) in [7, 11) is 2.11. The van der Waals surface area contributed by atoms with Crippen LogP contribution in [0.1, 0.15) is 5.76 Å². The molecule has 0 bridgehead atoms. The van der Waals surface area contributed by atoms with Crippen molar-refractivity contribution in [3.63, 3.8) is 0 Å². The molecular formula is C21H15N2O+. The number of hydrogen-bond donors (Lipinski definition) is 0. The fourth-order valence-electron chi connectivity index (χ4n) is 4.36. The van der Waals surface area contributed by atoms with Crippen LogP contribution in [0.25, 0.3) is 49.2 Å². The van der Waals surface area contributed by atoms with Gasteiger partial charge in [0.25, 0.3) is 0 Å². The Balaban J connectivity index is 2.18. The van der Waals surface area contributed by atoms with Crippen molar-refractivity contribution in [2.45, 2.75) is 6.92 Å². The minimum atomic E-state index is 0.959. The molecule has 0 fully saturated rings. The molecule has 0 aliphatic carbocycles. The Labute approximate surface area is 137 Å². The van der Waals surface area contributed by atoms with E-state index in [1.807, 2.05) is 0 Å². The first-order valence-corrected chi connectivity index (χ1v) is 8.20. The molecule has 0 aliphatic rings. The summed E-state index contributed by atoms with van der Waals surface area (Å²) in [4.78, 5) is 0. The van der Waals surface area contributed by atoms with Gasteiger partial charge in [-0.15, -0.1) is 0 Å². The van der Waals surface area contributed by atoms with E-state index in [0.29, 0.717) is 0 Å². The molecule has 24 heavy (non-hydrogen) atoms. The van der Waals surface area contributed by atoms with Gasteiger partial charge in [0.1, 0.15) is 23.9 Å². The molecule has 0 saturated carbocycles. The first-order chi connectivity index (χ1) is 11.8. The Hall–Kier alpha value is -3.07. The van der Waals surface area contributed by atoms with E-state index in [4.69, 9.17) is 4.42 Å². The summed E-state index contributed by atoms with van der Waals surface area (Å²) in [6, 6.07) is 17.2. The zero-order valence-corrected chi connectivity index (χ0v) is 13.5. The largest absolute Gasteiger partial charge is 0.460 e. The van der Waals surface area contributed by atoms with Crippen LogP contribution in [-0.2, 0) is 7.05 Å². The van der Waals surface area contributed by atoms with Crippen LogP contribution in [0.15, 0.2) is 59.1 Å². The number of furan rings is 1. The number of rotatable bonds is 0. The fourth-order valence-corrected chi connectivity index (χ4v) is 4.36. The molecule has 0 saturated heterocycles. The van der Waals surface area contributed by atoms with Crippen molar-refractivity contribution in [1.82, 2.24) is 4.40 Å². The Bertz CT molecular complexity index is 1420. The number of benzene rings is 2. The second-order valence-electron chi connectivity index (χ2n) is 6.57. The molecule has 4 heterocycles. The standard InChI is InChI=1S/C21H15N2O/c1-12-18-19-16(8-5-9-17(19)24-12)23-15-7-4-3-6-13(15)14-10-11-22(2)21(18)20(14)23/h3-11H,1-2H3/q+1. The highest BCUT2D eigenvalue weighted by atomic mass is 16.3. The maximum Gasteiger partial charge on any atom is 0.241 e. The predicted octanol–water partition coefficient (Wildman–Crippen LogP) is 4.72. The first kappa shape index (κ1) is 12.4. The SMILES string of the molecule is Cc1oc2cccc3c2c1c1c2c(cc[n+]1C)c1ccccc1n32. The van der Waals surface area contributed by atoms with Gasteiger partial charge in [-0.1, -0.05) is 24.3 Å².